The van der Waals surface area contributed by atoms with Crippen LogP contribution in [0.3, 0.4) is 0 Å². The highest BCUT2D eigenvalue weighted by molar-refractivity contribution is 5.66. The molecule has 5 heteroatoms. The predicted molar refractivity (Wildman–Crippen MR) is 41.7 cm³/mol. The van der Waals surface area contributed by atoms with E-state index < -0.39 is 5.97 Å². The Labute approximate surface area is 70.0 Å². The first-order chi connectivity index (χ1) is 5.72. The van der Waals surface area contributed by atoms with E-state index in [1.807, 2.05) is 6.92 Å². The fraction of sp³-hybridized carbons (Fsp3) is 0.571. The van der Waals surface area contributed by atoms with Crippen molar-refractivity contribution in [2.45, 2.75) is 26.3 Å². The molecule has 12 heavy (non-hydrogen) atoms. The highest BCUT2D eigenvalue weighted by atomic mass is 16.4. The van der Waals surface area contributed by atoms with E-state index in [0.717, 1.165) is 12.2 Å². The van der Waals surface area contributed by atoms with Crippen molar-refractivity contribution in [1.29, 1.82) is 0 Å². The van der Waals surface area contributed by atoms with Gasteiger partial charge in [0, 0.05) is 19.2 Å². The summed E-state index contributed by atoms with van der Waals surface area (Å²) in [5.41, 5.74) is 0.735. The maximum atomic E-state index is 10.2. The summed E-state index contributed by atoms with van der Waals surface area (Å²) in [6, 6.07) is 0. The standard InChI is InChI=1S/C7H11N3O2/c1-2-10-5-6(8-9-10)3-4-7(11)12/h5H,2-4H2,1H3,(H,11,12). The molecule has 1 heterocycles. The molecule has 1 N–H and O–H groups in total. The molecule has 0 radical (unpaired) electrons. The lowest BCUT2D eigenvalue weighted by atomic mass is 10.2. The van der Waals surface area contributed by atoms with Crippen molar-refractivity contribution in [3.63, 3.8) is 0 Å². The molecule has 0 unspecified atom stereocenters. The lowest BCUT2D eigenvalue weighted by molar-refractivity contribution is -0.136. The highest BCUT2D eigenvalue weighted by Crippen LogP contribution is 1.97. The topological polar surface area (TPSA) is 68.0 Å². The Morgan fingerprint density at radius 1 is 1.75 bits per heavy atom. The molecular formula is C7H11N3O2. The van der Waals surface area contributed by atoms with Gasteiger partial charge in [0.05, 0.1) is 12.1 Å². The number of carboxylic acids is 1. The molecule has 0 atom stereocenters. The number of aromatic nitrogens is 3. The largest absolute Gasteiger partial charge is 0.481 e. The van der Waals surface area contributed by atoms with Crippen LogP contribution in [0.5, 0.6) is 0 Å². The number of hydrogen-bond acceptors (Lipinski definition) is 3. The summed E-state index contributed by atoms with van der Waals surface area (Å²) in [6.07, 6.45) is 2.33. The molecule has 0 bridgehead atoms. The first-order valence-corrected chi connectivity index (χ1v) is 3.83. The van der Waals surface area contributed by atoms with Crippen molar-refractivity contribution in [2.24, 2.45) is 0 Å². The Morgan fingerprint density at radius 3 is 3.00 bits per heavy atom. The molecule has 0 saturated carbocycles. The number of aliphatic carboxylic acids is 1. The van der Waals surface area contributed by atoms with Crippen molar-refractivity contribution in [2.75, 3.05) is 0 Å². The summed E-state index contributed by atoms with van der Waals surface area (Å²) in [4.78, 5) is 10.2. The van der Waals surface area contributed by atoms with E-state index in [1.165, 1.54) is 0 Å². The van der Waals surface area contributed by atoms with Gasteiger partial charge in [-0.2, -0.15) is 0 Å². The Balaban J connectivity index is 2.47. The molecule has 1 rings (SSSR count). The Kier molecular flexibility index (Phi) is 2.79. The van der Waals surface area contributed by atoms with E-state index in [-0.39, 0.29) is 6.42 Å². The van der Waals surface area contributed by atoms with E-state index in [4.69, 9.17) is 5.11 Å². The summed E-state index contributed by atoms with van der Waals surface area (Å²) < 4.78 is 1.68. The molecule has 0 aliphatic heterocycles. The van der Waals surface area contributed by atoms with Crippen LogP contribution >= 0.6 is 0 Å². The number of carboxylic acid groups (broad SMARTS) is 1. The number of aryl methyl sites for hydroxylation is 2. The summed E-state index contributed by atoms with van der Waals surface area (Å²) in [5.74, 6) is -0.805. The van der Waals surface area contributed by atoms with E-state index >= 15 is 0 Å². The Morgan fingerprint density at radius 2 is 2.50 bits per heavy atom. The number of carbonyl (C=O) groups is 1. The molecule has 0 amide bonds. The molecule has 1 aromatic rings. The zero-order valence-electron chi connectivity index (χ0n) is 6.90. The average Bonchev–Trinajstić information content (AvgIpc) is 2.48. The minimum Gasteiger partial charge on any atom is -0.481 e. The molecule has 66 valence electrons. The van der Waals surface area contributed by atoms with Crippen LogP contribution in [-0.2, 0) is 17.8 Å². The van der Waals surface area contributed by atoms with Gasteiger partial charge in [-0.15, -0.1) is 5.10 Å². The fourth-order valence-corrected chi connectivity index (χ4v) is 0.843. The third-order valence-electron chi connectivity index (χ3n) is 1.51. The van der Waals surface area contributed by atoms with Crippen LogP contribution < -0.4 is 0 Å². The van der Waals surface area contributed by atoms with Gasteiger partial charge in [-0.3, -0.25) is 9.48 Å². The number of rotatable bonds is 4. The molecule has 1 aromatic heterocycles. The first-order valence-electron chi connectivity index (χ1n) is 3.83. The first kappa shape index (κ1) is 8.70. The van der Waals surface area contributed by atoms with E-state index in [2.05, 4.69) is 10.3 Å². The maximum absolute atomic E-state index is 10.2. The van der Waals surface area contributed by atoms with Gasteiger partial charge in [0.15, 0.2) is 0 Å². The van der Waals surface area contributed by atoms with Gasteiger partial charge >= 0.3 is 5.97 Å². The van der Waals surface area contributed by atoms with E-state index in [1.54, 1.807) is 10.9 Å². The lowest BCUT2D eigenvalue weighted by Crippen LogP contribution is -1.97. The van der Waals surface area contributed by atoms with E-state index in [0.29, 0.717) is 6.42 Å². The van der Waals surface area contributed by atoms with Gasteiger partial charge in [0.2, 0.25) is 0 Å². The second kappa shape index (κ2) is 3.85. The van der Waals surface area contributed by atoms with Crippen LogP contribution in [-0.4, -0.2) is 26.1 Å². The normalized spacial score (nSPS) is 10.1. The second-order valence-corrected chi connectivity index (χ2v) is 2.46. The third-order valence-corrected chi connectivity index (χ3v) is 1.51. The van der Waals surface area contributed by atoms with Gasteiger partial charge < -0.3 is 5.11 Å². The zero-order chi connectivity index (χ0) is 8.97. The molecule has 0 saturated heterocycles. The smallest absolute Gasteiger partial charge is 0.303 e. The Hall–Kier alpha value is -1.39. The van der Waals surface area contributed by atoms with Gasteiger partial charge in [0.1, 0.15) is 0 Å². The molecular weight excluding hydrogens is 158 g/mol. The average molecular weight is 169 g/mol. The number of nitrogens with zero attached hydrogens (tertiary/aromatic N) is 3. The van der Waals surface area contributed by atoms with Crippen LogP contribution in [0.15, 0.2) is 6.20 Å². The van der Waals surface area contributed by atoms with Gasteiger partial charge in [-0.05, 0) is 6.92 Å². The summed E-state index contributed by atoms with van der Waals surface area (Å²) in [6.45, 7) is 2.72. The molecule has 0 fully saturated rings. The summed E-state index contributed by atoms with van der Waals surface area (Å²) in [7, 11) is 0. The van der Waals surface area contributed by atoms with Crippen molar-refractivity contribution < 1.29 is 9.90 Å². The van der Waals surface area contributed by atoms with Crippen molar-refractivity contribution in [3.05, 3.63) is 11.9 Å². The van der Waals surface area contributed by atoms with Crippen molar-refractivity contribution in [3.8, 4) is 0 Å². The second-order valence-electron chi connectivity index (χ2n) is 2.46. The third kappa shape index (κ3) is 2.34. The summed E-state index contributed by atoms with van der Waals surface area (Å²) >= 11 is 0. The van der Waals surface area contributed by atoms with Gasteiger partial charge in [-0.25, -0.2) is 0 Å². The fourth-order valence-electron chi connectivity index (χ4n) is 0.843. The van der Waals surface area contributed by atoms with E-state index in [9.17, 15) is 4.79 Å². The lowest BCUT2D eigenvalue weighted by Gasteiger charge is -1.89. The van der Waals surface area contributed by atoms with Crippen LogP contribution in [0.2, 0.25) is 0 Å². The molecule has 0 aliphatic rings. The monoisotopic (exact) mass is 169 g/mol. The predicted octanol–water partition coefficient (Wildman–Crippen LogP) is 0.315. The molecule has 5 nitrogen and oxygen atoms in total. The molecule has 0 spiro atoms. The van der Waals surface area contributed by atoms with Gasteiger partial charge in [0.25, 0.3) is 0 Å². The van der Waals surface area contributed by atoms with Crippen LogP contribution in [0.1, 0.15) is 19.0 Å². The molecule has 0 aromatic carbocycles. The van der Waals surface area contributed by atoms with Crippen molar-refractivity contribution >= 4 is 5.97 Å². The molecule has 0 aliphatic carbocycles. The minimum absolute atomic E-state index is 0.113. The highest BCUT2D eigenvalue weighted by Gasteiger charge is 2.02. The van der Waals surface area contributed by atoms with Crippen LogP contribution in [0.4, 0.5) is 0 Å². The van der Waals surface area contributed by atoms with Crippen molar-refractivity contribution in [1.82, 2.24) is 15.0 Å². The van der Waals surface area contributed by atoms with Crippen LogP contribution in [0, 0.1) is 0 Å². The Bertz CT molecular complexity index is 269. The number of hydrogen-bond donors (Lipinski definition) is 1. The quantitative estimate of drug-likeness (QED) is 0.704. The summed E-state index contributed by atoms with van der Waals surface area (Å²) in [5, 5.41) is 16.0. The SMILES string of the molecule is CCn1cc(CCC(=O)O)nn1. The maximum Gasteiger partial charge on any atom is 0.303 e. The van der Waals surface area contributed by atoms with Gasteiger partial charge in [-0.1, -0.05) is 5.21 Å². The zero-order valence-corrected chi connectivity index (χ0v) is 6.90. The minimum atomic E-state index is -0.805. The van der Waals surface area contributed by atoms with Crippen LogP contribution in [0.25, 0.3) is 0 Å².